The molecule has 1 aromatic heterocycles. The molecule has 100 valence electrons. The molecule has 0 atom stereocenters. The van der Waals surface area contributed by atoms with Crippen LogP contribution in [0.3, 0.4) is 0 Å². The van der Waals surface area contributed by atoms with Gasteiger partial charge in [0, 0.05) is 18.4 Å². The molecular formula is C13H22N4O. The Morgan fingerprint density at radius 3 is 2.83 bits per heavy atom. The van der Waals surface area contributed by atoms with Gasteiger partial charge in [0.25, 0.3) is 5.91 Å². The van der Waals surface area contributed by atoms with E-state index in [9.17, 15) is 4.79 Å². The SMILES string of the molecule is Cc1cc(NN)c(C(=O)NCCCC(C)C)cn1. The molecule has 0 spiro atoms. The first-order valence-electron chi connectivity index (χ1n) is 6.26. The summed E-state index contributed by atoms with van der Waals surface area (Å²) in [7, 11) is 0. The summed E-state index contributed by atoms with van der Waals surface area (Å²) in [4.78, 5) is 16.0. The van der Waals surface area contributed by atoms with E-state index in [0.29, 0.717) is 23.7 Å². The van der Waals surface area contributed by atoms with Gasteiger partial charge in [-0.1, -0.05) is 13.8 Å². The third-order valence-electron chi connectivity index (χ3n) is 2.68. The number of carbonyl (C=O) groups excluding carboxylic acids is 1. The van der Waals surface area contributed by atoms with Crippen LogP contribution in [0.15, 0.2) is 12.3 Å². The maximum absolute atomic E-state index is 11.9. The van der Waals surface area contributed by atoms with Gasteiger partial charge in [-0.05, 0) is 31.7 Å². The smallest absolute Gasteiger partial charge is 0.255 e. The van der Waals surface area contributed by atoms with E-state index in [1.165, 1.54) is 0 Å². The fraction of sp³-hybridized carbons (Fsp3) is 0.538. The lowest BCUT2D eigenvalue weighted by molar-refractivity contribution is 0.0953. The Balaban J connectivity index is 2.56. The van der Waals surface area contributed by atoms with Crippen LogP contribution < -0.4 is 16.6 Å². The van der Waals surface area contributed by atoms with E-state index in [0.717, 1.165) is 18.5 Å². The standard InChI is InChI=1S/C13H22N4O/c1-9(2)5-4-6-15-13(18)11-8-16-10(3)7-12(11)17-14/h7-9H,4-6,14H2,1-3H3,(H,15,18)(H,16,17). The second kappa shape index (κ2) is 6.96. The Labute approximate surface area is 108 Å². The van der Waals surface area contributed by atoms with E-state index in [2.05, 4.69) is 29.6 Å². The fourth-order valence-corrected chi connectivity index (χ4v) is 1.67. The van der Waals surface area contributed by atoms with Crippen LogP contribution in [0.5, 0.6) is 0 Å². The van der Waals surface area contributed by atoms with Gasteiger partial charge < -0.3 is 10.7 Å². The maximum atomic E-state index is 11.9. The number of nitrogen functional groups attached to an aromatic ring is 1. The number of hydrogen-bond acceptors (Lipinski definition) is 4. The average Bonchev–Trinajstić information content (AvgIpc) is 2.33. The zero-order chi connectivity index (χ0) is 13.5. The van der Waals surface area contributed by atoms with Gasteiger partial charge in [0.05, 0.1) is 11.3 Å². The molecule has 0 aliphatic carbocycles. The van der Waals surface area contributed by atoms with E-state index in [4.69, 9.17) is 5.84 Å². The highest BCUT2D eigenvalue weighted by Crippen LogP contribution is 2.14. The molecule has 1 amide bonds. The summed E-state index contributed by atoms with van der Waals surface area (Å²) in [6, 6.07) is 1.75. The number of hydrogen-bond donors (Lipinski definition) is 3. The lowest BCUT2D eigenvalue weighted by Crippen LogP contribution is -2.26. The summed E-state index contributed by atoms with van der Waals surface area (Å²) in [5.74, 6) is 5.91. The van der Waals surface area contributed by atoms with Gasteiger partial charge in [-0.15, -0.1) is 0 Å². The predicted octanol–water partition coefficient (Wildman–Crippen LogP) is 1.84. The predicted molar refractivity (Wildman–Crippen MR) is 73.2 cm³/mol. The number of anilines is 1. The number of aromatic nitrogens is 1. The van der Waals surface area contributed by atoms with Crippen molar-refractivity contribution in [3.05, 3.63) is 23.5 Å². The largest absolute Gasteiger partial charge is 0.352 e. The zero-order valence-corrected chi connectivity index (χ0v) is 11.3. The van der Waals surface area contributed by atoms with Crippen LogP contribution in [0.25, 0.3) is 0 Å². The highest BCUT2D eigenvalue weighted by Gasteiger charge is 2.11. The Kier molecular flexibility index (Phi) is 5.58. The van der Waals surface area contributed by atoms with Crippen molar-refractivity contribution in [1.29, 1.82) is 0 Å². The number of nitrogens with one attached hydrogen (secondary N) is 2. The molecular weight excluding hydrogens is 228 g/mol. The number of nitrogens with two attached hydrogens (primary N) is 1. The molecule has 0 saturated heterocycles. The van der Waals surface area contributed by atoms with E-state index in [-0.39, 0.29) is 5.91 Å². The molecule has 1 aromatic rings. The van der Waals surface area contributed by atoms with Crippen molar-refractivity contribution in [1.82, 2.24) is 10.3 Å². The van der Waals surface area contributed by atoms with Gasteiger partial charge in [-0.3, -0.25) is 15.6 Å². The van der Waals surface area contributed by atoms with Gasteiger partial charge in [-0.2, -0.15) is 0 Å². The molecule has 18 heavy (non-hydrogen) atoms. The van der Waals surface area contributed by atoms with Crippen LogP contribution in [0.4, 0.5) is 5.69 Å². The number of rotatable bonds is 6. The number of pyridine rings is 1. The van der Waals surface area contributed by atoms with Crippen LogP contribution >= 0.6 is 0 Å². The minimum atomic E-state index is -0.140. The fourth-order valence-electron chi connectivity index (χ4n) is 1.67. The van der Waals surface area contributed by atoms with Crippen LogP contribution in [0.1, 0.15) is 42.7 Å². The summed E-state index contributed by atoms with van der Waals surface area (Å²) >= 11 is 0. The van der Waals surface area contributed by atoms with E-state index in [1.807, 2.05) is 6.92 Å². The molecule has 4 N–H and O–H groups in total. The average molecular weight is 250 g/mol. The first kappa shape index (κ1) is 14.4. The third-order valence-corrected chi connectivity index (χ3v) is 2.68. The zero-order valence-electron chi connectivity index (χ0n) is 11.3. The number of aryl methyl sites for hydroxylation is 1. The summed E-state index contributed by atoms with van der Waals surface area (Å²) in [6.07, 6.45) is 3.63. The second-order valence-electron chi connectivity index (χ2n) is 4.81. The van der Waals surface area contributed by atoms with Crippen molar-refractivity contribution in [2.75, 3.05) is 12.0 Å². The van der Waals surface area contributed by atoms with Crippen LogP contribution in [-0.4, -0.2) is 17.4 Å². The monoisotopic (exact) mass is 250 g/mol. The van der Waals surface area contributed by atoms with Crippen LogP contribution in [-0.2, 0) is 0 Å². The highest BCUT2D eigenvalue weighted by molar-refractivity contribution is 5.99. The Hall–Kier alpha value is -1.62. The molecule has 0 bridgehead atoms. The molecule has 0 aromatic carbocycles. The lowest BCUT2D eigenvalue weighted by atomic mass is 10.1. The Morgan fingerprint density at radius 1 is 1.50 bits per heavy atom. The topological polar surface area (TPSA) is 80.0 Å². The van der Waals surface area contributed by atoms with E-state index in [1.54, 1.807) is 12.3 Å². The summed E-state index contributed by atoms with van der Waals surface area (Å²) in [6.45, 7) is 6.87. The van der Waals surface area contributed by atoms with Gasteiger partial charge >= 0.3 is 0 Å². The third kappa shape index (κ3) is 4.33. The van der Waals surface area contributed by atoms with Crippen molar-refractivity contribution < 1.29 is 4.79 Å². The molecule has 0 aliphatic heterocycles. The number of amides is 1. The van der Waals surface area contributed by atoms with Crippen molar-refractivity contribution in [3.8, 4) is 0 Å². The van der Waals surface area contributed by atoms with E-state index >= 15 is 0 Å². The molecule has 0 fully saturated rings. The molecule has 5 nitrogen and oxygen atoms in total. The van der Waals surface area contributed by atoms with Crippen molar-refractivity contribution in [2.24, 2.45) is 11.8 Å². The first-order chi connectivity index (χ1) is 8.54. The lowest BCUT2D eigenvalue weighted by Gasteiger charge is -2.10. The normalized spacial score (nSPS) is 10.5. The molecule has 1 heterocycles. The molecule has 1 rings (SSSR count). The number of nitrogens with zero attached hydrogens (tertiary/aromatic N) is 1. The van der Waals surface area contributed by atoms with Gasteiger partial charge in [0.2, 0.25) is 0 Å². The van der Waals surface area contributed by atoms with Gasteiger partial charge in [-0.25, -0.2) is 0 Å². The number of hydrazine groups is 1. The molecule has 0 unspecified atom stereocenters. The van der Waals surface area contributed by atoms with Crippen molar-refractivity contribution >= 4 is 11.6 Å². The van der Waals surface area contributed by atoms with Gasteiger partial charge in [0.1, 0.15) is 0 Å². The molecule has 0 radical (unpaired) electrons. The Morgan fingerprint density at radius 2 is 2.22 bits per heavy atom. The minimum absolute atomic E-state index is 0.140. The first-order valence-corrected chi connectivity index (χ1v) is 6.26. The van der Waals surface area contributed by atoms with E-state index < -0.39 is 0 Å². The summed E-state index contributed by atoms with van der Waals surface area (Å²) < 4.78 is 0. The minimum Gasteiger partial charge on any atom is -0.352 e. The van der Waals surface area contributed by atoms with Crippen molar-refractivity contribution in [3.63, 3.8) is 0 Å². The Bertz CT molecular complexity index is 404. The molecule has 0 aliphatic rings. The number of carbonyl (C=O) groups is 1. The second-order valence-corrected chi connectivity index (χ2v) is 4.81. The summed E-state index contributed by atoms with van der Waals surface area (Å²) in [5.41, 5.74) is 4.42. The quantitative estimate of drug-likeness (QED) is 0.409. The van der Waals surface area contributed by atoms with Crippen molar-refractivity contribution in [2.45, 2.75) is 33.6 Å². The van der Waals surface area contributed by atoms with Crippen LogP contribution in [0, 0.1) is 12.8 Å². The summed E-state index contributed by atoms with van der Waals surface area (Å²) in [5, 5.41) is 2.87. The van der Waals surface area contributed by atoms with Crippen LogP contribution in [0.2, 0.25) is 0 Å². The molecule has 0 saturated carbocycles. The maximum Gasteiger partial charge on any atom is 0.255 e. The highest BCUT2D eigenvalue weighted by atomic mass is 16.1. The van der Waals surface area contributed by atoms with Gasteiger partial charge in [0.15, 0.2) is 0 Å². The molecule has 5 heteroatoms.